The monoisotopic (exact) mass is 280 g/mol. The Bertz CT molecular complexity index is 494. The Kier molecular flexibility index (Phi) is 6.15. The zero-order chi connectivity index (χ0) is 14.3. The van der Waals surface area contributed by atoms with E-state index < -0.39 is 5.97 Å². The van der Waals surface area contributed by atoms with E-state index in [0.29, 0.717) is 17.1 Å². The van der Waals surface area contributed by atoms with Crippen molar-refractivity contribution < 1.29 is 19.4 Å². The molecule has 5 heteroatoms. The van der Waals surface area contributed by atoms with Crippen molar-refractivity contribution in [3.63, 3.8) is 0 Å². The molecule has 0 bridgehead atoms. The number of rotatable bonds is 6. The summed E-state index contributed by atoms with van der Waals surface area (Å²) in [6.07, 6.45) is 3.70. The van der Waals surface area contributed by atoms with E-state index >= 15 is 0 Å². The summed E-state index contributed by atoms with van der Waals surface area (Å²) >= 11 is 1.24. The highest BCUT2D eigenvalue weighted by atomic mass is 32.2. The molecule has 0 aromatic heterocycles. The molecular formula is C14H16O4S. The summed E-state index contributed by atoms with van der Waals surface area (Å²) < 4.78 is 5.17. The number of ether oxygens (including phenoxy) is 1. The number of aliphatic carboxylic acids is 1. The van der Waals surface area contributed by atoms with E-state index in [-0.39, 0.29) is 11.5 Å². The predicted octanol–water partition coefficient (Wildman–Crippen LogP) is 2.62. The van der Waals surface area contributed by atoms with E-state index in [0.717, 1.165) is 5.56 Å². The Morgan fingerprint density at radius 2 is 2.16 bits per heavy atom. The lowest BCUT2D eigenvalue weighted by Crippen LogP contribution is -2.02. The van der Waals surface area contributed by atoms with E-state index in [4.69, 9.17) is 9.84 Å². The van der Waals surface area contributed by atoms with Gasteiger partial charge < -0.3 is 9.84 Å². The zero-order valence-electron chi connectivity index (χ0n) is 10.9. The highest BCUT2D eigenvalue weighted by Gasteiger charge is 2.07. The smallest absolute Gasteiger partial charge is 0.307 e. The molecule has 1 aromatic rings. The molecule has 1 aromatic carbocycles. The number of carboxylic acid groups (broad SMARTS) is 1. The van der Waals surface area contributed by atoms with E-state index in [1.165, 1.54) is 25.8 Å². The second kappa shape index (κ2) is 7.63. The molecule has 4 nitrogen and oxygen atoms in total. The van der Waals surface area contributed by atoms with Crippen molar-refractivity contribution >= 4 is 28.9 Å². The van der Waals surface area contributed by atoms with Gasteiger partial charge in [-0.05, 0) is 11.6 Å². The molecule has 0 fully saturated rings. The van der Waals surface area contributed by atoms with E-state index in [1.807, 2.05) is 18.2 Å². The molecule has 102 valence electrons. The van der Waals surface area contributed by atoms with Gasteiger partial charge in [0.05, 0.1) is 13.5 Å². The SMILES string of the molecule is COc1cc(C=CCSC(C)=O)ccc1CC(=O)O. The average Bonchev–Trinajstić information content (AvgIpc) is 2.35. The Morgan fingerprint density at radius 3 is 2.74 bits per heavy atom. The van der Waals surface area contributed by atoms with E-state index in [2.05, 4.69) is 0 Å². The molecule has 0 saturated heterocycles. The molecule has 1 rings (SSSR count). The molecule has 0 heterocycles. The third kappa shape index (κ3) is 5.61. The van der Waals surface area contributed by atoms with Gasteiger partial charge in [-0.2, -0.15) is 0 Å². The van der Waals surface area contributed by atoms with Crippen LogP contribution in [0, 0.1) is 0 Å². The maximum atomic E-state index is 10.8. The topological polar surface area (TPSA) is 63.6 Å². The van der Waals surface area contributed by atoms with Crippen LogP contribution in [0.25, 0.3) is 6.08 Å². The molecule has 0 amide bonds. The van der Waals surface area contributed by atoms with Crippen molar-refractivity contribution in [1.29, 1.82) is 0 Å². The van der Waals surface area contributed by atoms with Gasteiger partial charge in [-0.25, -0.2) is 0 Å². The quantitative estimate of drug-likeness (QED) is 0.867. The van der Waals surface area contributed by atoms with Gasteiger partial charge in [0.1, 0.15) is 5.75 Å². The van der Waals surface area contributed by atoms with Crippen LogP contribution in [0.3, 0.4) is 0 Å². The summed E-state index contributed by atoms with van der Waals surface area (Å²) in [5.41, 5.74) is 1.56. The van der Waals surface area contributed by atoms with Crippen LogP contribution in [-0.2, 0) is 16.0 Å². The number of carbonyl (C=O) groups is 2. The van der Waals surface area contributed by atoms with Gasteiger partial charge in [0.15, 0.2) is 5.12 Å². The molecule has 0 aliphatic heterocycles. The molecule has 0 unspecified atom stereocenters. The summed E-state index contributed by atoms with van der Waals surface area (Å²) in [6.45, 7) is 1.53. The molecule has 0 saturated carbocycles. The number of hydrogen-bond acceptors (Lipinski definition) is 4. The van der Waals surface area contributed by atoms with Crippen LogP contribution in [0.15, 0.2) is 24.3 Å². The number of carboxylic acids is 1. The summed E-state index contributed by atoms with van der Waals surface area (Å²) in [5, 5.41) is 8.86. The number of methoxy groups -OCH3 is 1. The fourth-order valence-corrected chi connectivity index (χ4v) is 1.95. The van der Waals surface area contributed by atoms with Crippen LogP contribution in [0.2, 0.25) is 0 Å². The van der Waals surface area contributed by atoms with Crippen LogP contribution >= 0.6 is 11.8 Å². The summed E-state index contributed by atoms with van der Waals surface area (Å²) in [6, 6.07) is 5.35. The largest absolute Gasteiger partial charge is 0.496 e. The Hall–Kier alpha value is -1.75. The predicted molar refractivity (Wildman–Crippen MR) is 76.5 cm³/mol. The van der Waals surface area contributed by atoms with Crippen LogP contribution in [0.1, 0.15) is 18.1 Å². The fourth-order valence-electron chi connectivity index (χ4n) is 1.52. The third-order valence-corrected chi connectivity index (χ3v) is 3.11. The second-order valence-electron chi connectivity index (χ2n) is 3.85. The second-order valence-corrected chi connectivity index (χ2v) is 5.04. The van der Waals surface area contributed by atoms with Crippen LogP contribution in [0.5, 0.6) is 5.75 Å². The van der Waals surface area contributed by atoms with Crippen molar-refractivity contribution in [3.05, 3.63) is 35.4 Å². The number of hydrogen-bond donors (Lipinski definition) is 1. The molecule has 0 aliphatic rings. The van der Waals surface area contributed by atoms with Crippen molar-refractivity contribution in [2.45, 2.75) is 13.3 Å². The fraction of sp³-hybridized carbons (Fsp3) is 0.286. The molecular weight excluding hydrogens is 264 g/mol. The normalized spacial score (nSPS) is 10.6. The molecule has 0 radical (unpaired) electrons. The molecule has 0 spiro atoms. The zero-order valence-corrected chi connectivity index (χ0v) is 11.7. The molecule has 0 atom stereocenters. The Labute approximate surface area is 116 Å². The molecule has 0 aliphatic carbocycles. The Morgan fingerprint density at radius 1 is 1.42 bits per heavy atom. The van der Waals surface area contributed by atoms with Gasteiger partial charge in [-0.1, -0.05) is 36.0 Å². The average molecular weight is 280 g/mol. The number of benzene rings is 1. The maximum absolute atomic E-state index is 10.8. The molecule has 19 heavy (non-hydrogen) atoms. The first-order chi connectivity index (χ1) is 9.02. The first kappa shape index (κ1) is 15.3. The van der Waals surface area contributed by atoms with Crippen LogP contribution in [-0.4, -0.2) is 29.1 Å². The number of thioether (sulfide) groups is 1. The van der Waals surface area contributed by atoms with Gasteiger partial charge in [-0.15, -0.1) is 0 Å². The summed E-state index contributed by atoms with van der Waals surface area (Å²) in [7, 11) is 1.51. The van der Waals surface area contributed by atoms with Gasteiger partial charge in [0.25, 0.3) is 0 Å². The number of carbonyl (C=O) groups excluding carboxylic acids is 1. The summed E-state index contributed by atoms with van der Waals surface area (Å²) in [5.74, 6) is 0.289. The van der Waals surface area contributed by atoms with Gasteiger partial charge in [-0.3, -0.25) is 9.59 Å². The van der Waals surface area contributed by atoms with Crippen molar-refractivity contribution in [1.82, 2.24) is 0 Å². The van der Waals surface area contributed by atoms with Gasteiger partial charge in [0, 0.05) is 18.2 Å². The highest BCUT2D eigenvalue weighted by molar-refractivity contribution is 8.13. The van der Waals surface area contributed by atoms with Crippen molar-refractivity contribution in [2.75, 3.05) is 12.9 Å². The maximum Gasteiger partial charge on any atom is 0.307 e. The molecule has 1 N–H and O–H groups in total. The standard InChI is InChI=1S/C14H16O4S/c1-10(15)19-7-3-4-11-5-6-12(9-14(16)17)13(8-11)18-2/h3-6,8H,7,9H2,1-2H3,(H,16,17). The lowest BCUT2D eigenvalue weighted by atomic mass is 10.1. The van der Waals surface area contributed by atoms with Gasteiger partial charge >= 0.3 is 5.97 Å². The lowest BCUT2D eigenvalue weighted by Gasteiger charge is -2.07. The third-order valence-electron chi connectivity index (χ3n) is 2.35. The van der Waals surface area contributed by atoms with Crippen molar-refractivity contribution in [3.8, 4) is 5.75 Å². The minimum absolute atomic E-state index is 0.0621. The van der Waals surface area contributed by atoms with Gasteiger partial charge in [0.2, 0.25) is 0 Å². The Balaban J connectivity index is 2.76. The lowest BCUT2D eigenvalue weighted by molar-refractivity contribution is -0.136. The first-order valence-electron chi connectivity index (χ1n) is 5.71. The summed E-state index contributed by atoms with van der Waals surface area (Å²) in [4.78, 5) is 21.4. The van der Waals surface area contributed by atoms with Crippen LogP contribution in [0.4, 0.5) is 0 Å². The van der Waals surface area contributed by atoms with E-state index in [9.17, 15) is 9.59 Å². The highest BCUT2D eigenvalue weighted by Crippen LogP contribution is 2.21. The van der Waals surface area contributed by atoms with Crippen LogP contribution < -0.4 is 4.74 Å². The first-order valence-corrected chi connectivity index (χ1v) is 6.70. The van der Waals surface area contributed by atoms with E-state index in [1.54, 1.807) is 12.1 Å². The minimum Gasteiger partial charge on any atom is -0.496 e. The van der Waals surface area contributed by atoms with Crippen molar-refractivity contribution in [2.24, 2.45) is 0 Å². The minimum atomic E-state index is -0.889.